The predicted molar refractivity (Wildman–Crippen MR) is 107 cm³/mol. The fourth-order valence-electron chi connectivity index (χ4n) is 3.14. The lowest BCUT2D eigenvalue weighted by Crippen LogP contribution is -2.30. The van der Waals surface area contributed by atoms with Crippen molar-refractivity contribution in [3.05, 3.63) is 44.9 Å². The topological polar surface area (TPSA) is 37.4 Å². The Bertz CT molecular complexity index is 674. The third-order valence-corrected chi connectivity index (χ3v) is 5.83. The van der Waals surface area contributed by atoms with Gasteiger partial charge in [0.1, 0.15) is 5.75 Å². The molecule has 4 nitrogen and oxygen atoms in total. The molecular weight excluding hydrogens is 377 g/mol. The van der Waals surface area contributed by atoms with Crippen molar-refractivity contribution in [1.82, 2.24) is 15.2 Å². The van der Waals surface area contributed by atoms with E-state index in [0.29, 0.717) is 5.92 Å². The van der Waals surface area contributed by atoms with E-state index in [2.05, 4.69) is 22.1 Å². The molecule has 0 saturated carbocycles. The van der Waals surface area contributed by atoms with Crippen LogP contribution in [0.15, 0.2) is 23.7 Å². The maximum atomic E-state index is 6.42. The zero-order valence-electron chi connectivity index (χ0n) is 14.6. The first kappa shape index (κ1) is 20.5. The number of methoxy groups -OCH3 is 1. The molecule has 0 amide bonds. The minimum atomic E-state index is 0. The first-order chi connectivity index (χ1) is 11.7. The Hall–Kier alpha value is -0.850. The number of hydrogen-bond donors (Lipinski definition) is 1. The van der Waals surface area contributed by atoms with Crippen LogP contribution in [-0.2, 0) is 13.1 Å². The lowest BCUT2D eigenvalue weighted by Gasteiger charge is -2.25. The van der Waals surface area contributed by atoms with Gasteiger partial charge in [-0.25, -0.2) is 4.98 Å². The Kier molecular flexibility index (Phi) is 7.97. The molecule has 1 atom stereocenters. The van der Waals surface area contributed by atoms with E-state index in [1.54, 1.807) is 18.4 Å². The standard InChI is InChI=1S/C18H24ClN3OS.ClH/c1-13-18(24-12-21-13)11-22(9-14-5-6-20-8-14)10-15-7-16(23-2)3-4-17(15)19;/h3-4,7,12,14,20H,5-6,8-11H2,1-2H3;1H. The van der Waals surface area contributed by atoms with E-state index >= 15 is 0 Å². The van der Waals surface area contributed by atoms with Gasteiger partial charge in [-0.2, -0.15) is 0 Å². The molecule has 1 N–H and O–H groups in total. The highest BCUT2D eigenvalue weighted by Crippen LogP contribution is 2.26. The van der Waals surface area contributed by atoms with Crippen molar-refractivity contribution in [2.45, 2.75) is 26.4 Å². The highest BCUT2D eigenvalue weighted by atomic mass is 35.5. The summed E-state index contributed by atoms with van der Waals surface area (Å²) in [5.41, 5.74) is 4.17. The van der Waals surface area contributed by atoms with Crippen LogP contribution in [0.3, 0.4) is 0 Å². The summed E-state index contributed by atoms with van der Waals surface area (Å²) >= 11 is 8.15. The van der Waals surface area contributed by atoms with Crippen molar-refractivity contribution in [2.24, 2.45) is 5.92 Å². The Labute approximate surface area is 165 Å². The molecule has 0 radical (unpaired) electrons. The zero-order chi connectivity index (χ0) is 16.9. The van der Waals surface area contributed by atoms with Crippen molar-refractivity contribution in [3.63, 3.8) is 0 Å². The molecule has 138 valence electrons. The van der Waals surface area contributed by atoms with Gasteiger partial charge in [0.2, 0.25) is 0 Å². The fraction of sp³-hybridized carbons (Fsp3) is 0.500. The monoisotopic (exact) mass is 401 g/mol. The summed E-state index contributed by atoms with van der Waals surface area (Å²) in [5.74, 6) is 1.55. The molecule has 1 aromatic heterocycles. The van der Waals surface area contributed by atoms with Gasteiger partial charge in [0.05, 0.1) is 18.3 Å². The van der Waals surface area contributed by atoms with Crippen LogP contribution in [0.25, 0.3) is 0 Å². The predicted octanol–water partition coefficient (Wildman–Crippen LogP) is 4.15. The maximum absolute atomic E-state index is 6.42. The quantitative estimate of drug-likeness (QED) is 0.755. The van der Waals surface area contributed by atoms with E-state index in [0.717, 1.165) is 54.8 Å². The number of benzene rings is 1. The summed E-state index contributed by atoms with van der Waals surface area (Å²) in [6.45, 7) is 7.12. The first-order valence-electron chi connectivity index (χ1n) is 8.30. The number of rotatable bonds is 7. The number of aromatic nitrogens is 1. The summed E-state index contributed by atoms with van der Waals surface area (Å²) in [4.78, 5) is 8.21. The van der Waals surface area contributed by atoms with Crippen LogP contribution in [0.1, 0.15) is 22.6 Å². The minimum absolute atomic E-state index is 0. The molecule has 1 aliphatic heterocycles. The number of aryl methyl sites for hydroxylation is 1. The van der Waals surface area contributed by atoms with Crippen molar-refractivity contribution in [2.75, 3.05) is 26.7 Å². The van der Waals surface area contributed by atoms with E-state index < -0.39 is 0 Å². The van der Waals surface area contributed by atoms with Crippen LogP contribution in [0.2, 0.25) is 5.02 Å². The number of nitrogens with one attached hydrogen (secondary N) is 1. The molecule has 2 heterocycles. The maximum Gasteiger partial charge on any atom is 0.119 e. The van der Waals surface area contributed by atoms with Gasteiger partial charge in [0.25, 0.3) is 0 Å². The van der Waals surface area contributed by atoms with E-state index in [4.69, 9.17) is 16.3 Å². The first-order valence-corrected chi connectivity index (χ1v) is 9.56. The largest absolute Gasteiger partial charge is 0.497 e. The summed E-state index contributed by atoms with van der Waals surface area (Å²) < 4.78 is 5.35. The molecule has 25 heavy (non-hydrogen) atoms. The molecule has 0 spiro atoms. The second-order valence-corrected chi connectivity index (χ2v) is 7.69. The molecule has 3 rings (SSSR count). The Morgan fingerprint density at radius 3 is 2.88 bits per heavy atom. The molecule has 0 bridgehead atoms. The third-order valence-electron chi connectivity index (χ3n) is 4.54. The molecule has 1 aliphatic rings. The summed E-state index contributed by atoms with van der Waals surface area (Å²) in [6.07, 6.45) is 1.24. The number of halogens is 2. The van der Waals surface area contributed by atoms with Crippen molar-refractivity contribution >= 4 is 35.3 Å². The van der Waals surface area contributed by atoms with Crippen LogP contribution in [0.4, 0.5) is 0 Å². The van der Waals surface area contributed by atoms with Gasteiger partial charge in [0, 0.05) is 29.5 Å². The molecule has 7 heteroatoms. The van der Waals surface area contributed by atoms with Crippen molar-refractivity contribution < 1.29 is 4.74 Å². The van der Waals surface area contributed by atoms with Crippen LogP contribution in [0.5, 0.6) is 5.75 Å². The van der Waals surface area contributed by atoms with E-state index in [9.17, 15) is 0 Å². The van der Waals surface area contributed by atoms with Gasteiger partial charge >= 0.3 is 0 Å². The molecule has 1 aromatic carbocycles. The number of ether oxygens (including phenoxy) is 1. The number of nitrogens with zero attached hydrogens (tertiary/aromatic N) is 2. The lowest BCUT2D eigenvalue weighted by molar-refractivity contribution is 0.222. The molecule has 1 saturated heterocycles. The Balaban J connectivity index is 0.00000225. The fourth-order valence-corrected chi connectivity index (χ4v) is 4.14. The second-order valence-electron chi connectivity index (χ2n) is 6.35. The average molecular weight is 402 g/mol. The van der Waals surface area contributed by atoms with Crippen LogP contribution in [0, 0.1) is 12.8 Å². The molecule has 0 aliphatic carbocycles. The molecule has 2 aromatic rings. The Morgan fingerprint density at radius 2 is 2.24 bits per heavy atom. The zero-order valence-corrected chi connectivity index (χ0v) is 17.0. The molecule has 1 fully saturated rings. The van der Waals surface area contributed by atoms with Gasteiger partial charge < -0.3 is 10.1 Å². The van der Waals surface area contributed by atoms with E-state index in [1.165, 1.54) is 11.3 Å². The van der Waals surface area contributed by atoms with E-state index in [1.807, 2.05) is 23.7 Å². The van der Waals surface area contributed by atoms with E-state index in [-0.39, 0.29) is 12.4 Å². The molecule has 1 unspecified atom stereocenters. The van der Waals surface area contributed by atoms with Crippen LogP contribution < -0.4 is 10.1 Å². The minimum Gasteiger partial charge on any atom is -0.497 e. The van der Waals surface area contributed by atoms with Crippen molar-refractivity contribution in [1.29, 1.82) is 0 Å². The normalized spacial score (nSPS) is 16.9. The highest BCUT2D eigenvalue weighted by Gasteiger charge is 2.20. The van der Waals surface area contributed by atoms with Gasteiger partial charge in [-0.3, -0.25) is 4.90 Å². The van der Waals surface area contributed by atoms with Gasteiger partial charge in [0.15, 0.2) is 0 Å². The van der Waals surface area contributed by atoms with Crippen LogP contribution >= 0.6 is 35.3 Å². The third kappa shape index (κ3) is 5.56. The van der Waals surface area contributed by atoms with Gasteiger partial charge in [-0.1, -0.05) is 11.6 Å². The Morgan fingerprint density at radius 1 is 1.40 bits per heavy atom. The number of thiazole rings is 1. The van der Waals surface area contributed by atoms with Crippen molar-refractivity contribution in [3.8, 4) is 5.75 Å². The summed E-state index contributed by atoms with van der Waals surface area (Å²) in [7, 11) is 1.69. The van der Waals surface area contributed by atoms with Gasteiger partial charge in [-0.15, -0.1) is 23.7 Å². The van der Waals surface area contributed by atoms with Crippen LogP contribution in [-0.4, -0.2) is 36.6 Å². The second kappa shape index (κ2) is 9.74. The molecular formula is C18H25Cl2N3OS. The highest BCUT2D eigenvalue weighted by molar-refractivity contribution is 7.09. The number of hydrogen-bond acceptors (Lipinski definition) is 5. The smallest absolute Gasteiger partial charge is 0.119 e. The summed E-state index contributed by atoms with van der Waals surface area (Å²) in [6, 6.07) is 5.87. The van der Waals surface area contributed by atoms with Gasteiger partial charge in [-0.05, 0) is 56.1 Å². The lowest BCUT2D eigenvalue weighted by atomic mass is 10.1. The summed E-state index contributed by atoms with van der Waals surface area (Å²) in [5, 5.41) is 4.26. The average Bonchev–Trinajstić information content (AvgIpc) is 3.22. The SMILES string of the molecule is COc1ccc(Cl)c(CN(Cc2scnc2C)CC2CCNC2)c1.Cl.